The number of hydrogen-bond donors (Lipinski definition) is 3. The van der Waals surface area contributed by atoms with Crippen molar-refractivity contribution in [2.75, 3.05) is 11.9 Å². The van der Waals surface area contributed by atoms with Crippen LogP contribution in [0.1, 0.15) is 32.8 Å². The van der Waals surface area contributed by atoms with Crippen LogP contribution in [0.2, 0.25) is 0 Å². The number of nitrogens with zero attached hydrogens (tertiary/aromatic N) is 4. The summed E-state index contributed by atoms with van der Waals surface area (Å²) in [5, 5.41) is 15.3. The SMILES string of the molecule is CC(C)(C)C1=NN(C2=CCNC=C2)C(NC(=O)Nc2ccc(F)c(COc3cnccn3)c2)=CC1. The number of anilines is 1. The van der Waals surface area contributed by atoms with E-state index >= 15 is 0 Å². The molecule has 0 spiro atoms. The van der Waals surface area contributed by atoms with Crippen molar-refractivity contribution < 1.29 is 13.9 Å². The second kappa shape index (κ2) is 10.4. The van der Waals surface area contributed by atoms with Crippen LogP contribution < -0.4 is 20.7 Å². The van der Waals surface area contributed by atoms with E-state index < -0.39 is 11.8 Å². The average Bonchev–Trinajstić information content (AvgIpc) is 2.85. The molecule has 0 radical (unpaired) electrons. The Hall–Kier alpha value is -4.21. The number of hydrazone groups is 1. The largest absolute Gasteiger partial charge is 0.472 e. The summed E-state index contributed by atoms with van der Waals surface area (Å²) in [5.74, 6) is 0.375. The van der Waals surface area contributed by atoms with E-state index in [1.54, 1.807) is 5.01 Å². The van der Waals surface area contributed by atoms with Gasteiger partial charge in [-0.1, -0.05) is 20.8 Å². The highest BCUT2D eigenvalue weighted by Crippen LogP contribution is 2.27. The Kier molecular flexibility index (Phi) is 7.09. The molecule has 4 rings (SSSR count). The van der Waals surface area contributed by atoms with Crippen LogP contribution in [0.4, 0.5) is 14.9 Å². The molecule has 3 N–H and O–H groups in total. The molecule has 0 bridgehead atoms. The molecule has 0 fully saturated rings. The number of allylic oxidation sites excluding steroid dienone is 2. The van der Waals surface area contributed by atoms with E-state index in [0.29, 0.717) is 24.5 Å². The minimum atomic E-state index is -0.471. The van der Waals surface area contributed by atoms with E-state index in [-0.39, 0.29) is 23.5 Å². The lowest BCUT2D eigenvalue weighted by Crippen LogP contribution is -2.39. The molecule has 2 aromatic rings. The van der Waals surface area contributed by atoms with Gasteiger partial charge in [-0.25, -0.2) is 19.2 Å². The van der Waals surface area contributed by atoms with Gasteiger partial charge in [0.25, 0.3) is 0 Å². The number of urea groups is 1. The minimum Gasteiger partial charge on any atom is -0.472 e. The Labute approximate surface area is 203 Å². The Morgan fingerprint density at radius 2 is 2.09 bits per heavy atom. The first-order valence-electron chi connectivity index (χ1n) is 11.2. The van der Waals surface area contributed by atoms with Crippen LogP contribution in [0, 0.1) is 11.2 Å². The monoisotopic (exact) mass is 477 g/mol. The lowest BCUT2D eigenvalue weighted by Gasteiger charge is -2.32. The zero-order chi connectivity index (χ0) is 24.8. The number of dihydropyridines is 1. The summed E-state index contributed by atoms with van der Waals surface area (Å²) < 4.78 is 19.8. The number of carbonyl (C=O) groups excluding carboxylic acids is 1. The van der Waals surface area contributed by atoms with E-state index in [9.17, 15) is 9.18 Å². The topological polar surface area (TPSA) is 104 Å². The highest BCUT2D eigenvalue weighted by molar-refractivity contribution is 5.93. The van der Waals surface area contributed by atoms with Gasteiger partial charge in [-0.05, 0) is 42.6 Å². The molecular weight excluding hydrogens is 449 g/mol. The molecule has 0 atom stereocenters. The molecule has 1 aromatic heterocycles. The quantitative estimate of drug-likeness (QED) is 0.574. The van der Waals surface area contributed by atoms with Crippen molar-refractivity contribution in [2.45, 2.75) is 33.8 Å². The van der Waals surface area contributed by atoms with Gasteiger partial charge in [0.05, 0.1) is 11.9 Å². The first-order valence-corrected chi connectivity index (χ1v) is 11.2. The number of halogens is 1. The average molecular weight is 478 g/mol. The molecule has 1 aromatic carbocycles. The smallest absolute Gasteiger partial charge is 0.324 e. The molecular formula is C25H28FN7O2. The third-order valence-corrected chi connectivity index (χ3v) is 5.31. The molecule has 35 heavy (non-hydrogen) atoms. The van der Waals surface area contributed by atoms with Gasteiger partial charge in [-0.15, -0.1) is 0 Å². The Morgan fingerprint density at radius 3 is 2.80 bits per heavy atom. The number of amides is 2. The second-order valence-electron chi connectivity index (χ2n) is 8.99. The van der Waals surface area contributed by atoms with Crippen molar-refractivity contribution in [3.8, 4) is 5.88 Å². The molecule has 0 aliphatic carbocycles. The molecule has 10 heteroatoms. The van der Waals surface area contributed by atoms with Crippen molar-refractivity contribution in [2.24, 2.45) is 10.5 Å². The molecule has 182 valence electrons. The molecule has 3 heterocycles. The number of aromatic nitrogens is 2. The van der Waals surface area contributed by atoms with E-state index in [1.165, 1.54) is 36.8 Å². The fourth-order valence-corrected chi connectivity index (χ4v) is 3.41. The van der Waals surface area contributed by atoms with E-state index in [1.807, 2.05) is 24.4 Å². The van der Waals surface area contributed by atoms with Gasteiger partial charge in [-0.3, -0.25) is 10.3 Å². The summed E-state index contributed by atoms with van der Waals surface area (Å²) in [6.07, 6.45) is 12.7. The van der Waals surface area contributed by atoms with Crippen LogP contribution in [-0.2, 0) is 6.61 Å². The van der Waals surface area contributed by atoms with Crippen molar-refractivity contribution in [3.63, 3.8) is 0 Å². The lowest BCUT2D eigenvalue weighted by molar-refractivity contribution is 0.250. The first kappa shape index (κ1) is 23.9. The van der Waals surface area contributed by atoms with Gasteiger partial charge in [0, 0.05) is 47.7 Å². The van der Waals surface area contributed by atoms with Gasteiger partial charge in [0.2, 0.25) is 5.88 Å². The molecule has 0 unspecified atom stereocenters. The maximum atomic E-state index is 14.3. The lowest BCUT2D eigenvalue weighted by atomic mass is 9.87. The van der Waals surface area contributed by atoms with Crippen LogP contribution in [0.15, 0.2) is 77.8 Å². The normalized spacial score (nSPS) is 15.4. The van der Waals surface area contributed by atoms with Crippen LogP contribution in [0.5, 0.6) is 5.88 Å². The number of benzene rings is 1. The highest BCUT2D eigenvalue weighted by atomic mass is 19.1. The maximum absolute atomic E-state index is 14.3. The fourth-order valence-electron chi connectivity index (χ4n) is 3.41. The van der Waals surface area contributed by atoms with Crippen molar-refractivity contribution in [1.82, 2.24) is 25.6 Å². The summed E-state index contributed by atoms with van der Waals surface area (Å²) in [6, 6.07) is 3.82. The minimum absolute atomic E-state index is 0.0561. The molecule has 2 aliphatic rings. The van der Waals surface area contributed by atoms with Gasteiger partial charge in [-0.2, -0.15) is 5.10 Å². The first-order chi connectivity index (χ1) is 16.8. The molecule has 9 nitrogen and oxygen atoms in total. The summed E-state index contributed by atoms with van der Waals surface area (Å²) in [5.41, 5.74) is 2.43. The number of nitrogens with one attached hydrogen (secondary N) is 3. The van der Waals surface area contributed by atoms with Crippen LogP contribution in [0.25, 0.3) is 0 Å². The van der Waals surface area contributed by atoms with Crippen LogP contribution in [0.3, 0.4) is 0 Å². The van der Waals surface area contributed by atoms with E-state index in [2.05, 4.69) is 46.7 Å². The highest BCUT2D eigenvalue weighted by Gasteiger charge is 2.26. The zero-order valence-corrected chi connectivity index (χ0v) is 19.9. The van der Waals surface area contributed by atoms with E-state index in [4.69, 9.17) is 9.84 Å². The maximum Gasteiger partial charge on any atom is 0.324 e. The molecule has 0 saturated heterocycles. The van der Waals surface area contributed by atoms with Crippen LogP contribution >= 0.6 is 0 Å². The Morgan fingerprint density at radius 1 is 1.23 bits per heavy atom. The Balaban J connectivity index is 1.45. The molecule has 2 aliphatic heterocycles. The van der Waals surface area contributed by atoms with Crippen molar-refractivity contribution in [3.05, 3.63) is 84.1 Å². The fraction of sp³-hybridized carbons (Fsp3) is 0.280. The number of carbonyl (C=O) groups is 1. The summed E-state index contributed by atoms with van der Waals surface area (Å²) in [6.45, 7) is 6.93. The van der Waals surface area contributed by atoms with Gasteiger partial charge in [0.1, 0.15) is 18.2 Å². The standard InChI is InChI=1S/C25H28FN7O2/c1-25(2,3)21-6-7-22(33(32-21)19-8-10-27-11-9-19)31-24(34)30-18-4-5-20(26)17(14-18)16-35-23-15-28-12-13-29-23/h4-5,7-10,12-15,27H,6,11,16H2,1-3H3,(H2,30,31,34). The van der Waals surface area contributed by atoms with E-state index in [0.717, 1.165) is 11.4 Å². The second-order valence-corrected chi connectivity index (χ2v) is 8.99. The summed E-state index contributed by atoms with van der Waals surface area (Å²) >= 11 is 0. The summed E-state index contributed by atoms with van der Waals surface area (Å²) in [4.78, 5) is 20.7. The predicted molar refractivity (Wildman–Crippen MR) is 132 cm³/mol. The number of rotatable bonds is 6. The van der Waals surface area contributed by atoms with Gasteiger partial charge in [0.15, 0.2) is 0 Å². The Bertz CT molecular complexity index is 1200. The zero-order valence-electron chi connectivity index (χ0n) is 19.9. The predicted octanol–water partition coefficient (Wildman–Crippen LogP) is 4.27. The summed E-state index contributed by atoms with van der Waals surface area (Å²) in [7, 11) is 0. The molecule has 2 amide bonds. The van der Waals surface area contributed by atoms with Gasteiger partial charge >= 0.3 is 6.03 Å². The molecule has 0 saturated carbocycles. The van der Waals surface area contributed by atoms with Crippen molar-refractivity contribution in [1.29, 1.82) is 0 Å². The number of ether oxygens (including phenoxy) is 1. The third kappa shape index (κ3) is 6.23. The van der Waals surface area contributed by atoms with Gasteiger partial charge < -0.3 is 15.4 Å². The van der Waals surface area contributed by atoms with Crippen molar-refractivity contribution >= 4 is 17.4 Å². The third-order valence-electron chi connectivity index (χ3n) is 5.31. The number of hydrogen-bond acceptors (Lipinski definition) is 7. The van der Waals surface area contributed by atoms with Crippen LogP contribution in [-0.4, -0.2) is 33.3 Å².